The zero-order valence-corrected chi connectivity index (χ0v) is 9.90. The average Bonchev–Trinajstić information content (AvgIpc) is 2.77. The maximum absolute atomic E-state index is 11.4. The number of benzene rings is 1. The summed E-state index contributed by atoms with van der Waals surface area (Å²) in [6.07, 6.45) is 1.67. The van der Waals surface area contributed by atoms with Crippen LogP contribution in [0.15, 0.2) is 30.5 Å². The lowest BCUT2D eigenvalue weighted by molar-refractivity contribution is 0.0957. The van der Waals surface area contributed by atoms with Crippen LogP contribution >= 0.6 is 11.6 Å². The zero-order valence-electron chi connectivity index (χ0n) is 9.14. The van der Waals surface area contributed by atoms with Crippen LogP contribution in [0.3, 0.4) is 0 Å². The smallest absolute Gasteiger partial charge is 0.271 e. The molecule has 0 saturated heterocycles. The van der Waals surface area contributed by atoms with E-state index in [-0.39, 0.29) is 5.91 Å². The van der Waals surface area contributed by atoms with Crippen LogP contribution in [-0.4, -0.2) is 22.7 Å². The molecule has 0 spiro atoms. The van der Waals surface area contributed by atoms with E-state index in [0.717, 1.165) is 0 Å². The molecule has 1 aromatic heterocycles. The van der Waals surface area contributed by atoms with Gasteiger partial charge in [-0.1, -0.05) is 11.6 Å². The van der Waals surface area contributed by atoms with Crippen molar-refractivity contribution in [3.8, 4) is 5.69 Å². The van der Waals surface area contributed by atoms with Gasteiger partial charge in [-0.3, -0.25) is 4.79 Å². The molecule has 0 aliphatic carbocycles. The standard InChI is InChI=1S/C11H11ClN4O/c1-14-11(17)9-4-5-16(15-9)10-3-2-7(12)6-8(10)13/h2-6H,13H2,1H3,(H,14,17). The van der Waals surface area contributed by atoms with Crippen LogP contribution < -0.4 is 11.1 Å². The van der Waals surface area contributed by atoms with Gasteiger partial charge in [0.1, 0.15) is 0 Å². The first-order valence-electron chi connectivity index (χ1n) is 4.95. The first kappa shape index (κ1) is 11.5. The van der Waals surface area contributed by atoms with Crippen molar-refractivity contribution in [2.24, 2.45) is 0 Å². The number of nitrogens with two attached hydrogens (primary N) is 1. The number of nitrogen functional groups attached to an aromatic ring is 1. The summed E-state index contributed by atoms with van der Waals surface area (Å²) in [4.78, 5) is 11.4. The van der Waals surface area contributed by atoms with Crippen LogP contribution in [-0.2, 0) is 0 Å². The van der Waals surface area contributed by atoms with Crippen molar-refractivity contribution in [2.45, 2.75) is 0 Å². The Morgan fingerprint density at radius 3 is 2.88 bits per heavy atom. The molecule has 2 aromatic rings. The molecule has 88 valence electrons. The van der Waals surface area contributed by atoms with Gasteiger partial charge < -0.3 is 11.1 Å². The van der Waals surface area contributed by atoms with Crippen LogP contribution in [0, 0.1) is 0 Å². The normalized spacial score (nSPS) is 10.2. The Kier molecular flexibility index (Phi) is 3.01. The summed E-state index contributed by atoms with van der Waals surface area (Å²) < 4.78 is 1.54. The zero-order chi connectivity index (χ0) is 12.4. The molecule has 2 rings (SSSR count). The summed E-state index contributed by atoms with van der Waals surface area (Å²) in [6.45, 7) is 0. The van der Waals surface area contributed by atoms with Crippen molar-refractivity contribution in [3.05, 3.63) is 41.2 Å². The highest BCUT2D eigenvalue weighted by molar-refractivity contribution is 6.30. The van der Waals surface area contributed by atoms with E-state index in [9.17, 15) is 4.79 Å². The number of hydrogen-bond acceptors (Lipinski definition) is 3. The quantitative estimate of drug-likeness (QED) is 0.793. The van der Waals surface area contributed by atoms with E-state index < -0.39 is 0 Å². The third kappa shape index (κ3) is 2.24. The van der Waals surface area contributed by atoms with Crippen LogP contribution in [0.5, 0.6) is 0 Å². The van der Waals surface area contributed by atoms with Gasteiger partial charge in [-0.15, -0.1) is 0 Å². The highest BCUT2D eigenvalue weighted by Gasteiger charge is 2.09. The summed E-state index contributed by atoms with van der Waals surface area (Å²) in [5.41, 5.74) is 7.35. The third-order valence-electron chi connectivity index (χ3n) is 2.29. The van der Waals surface area contributed by atoms with Gasteiger partial charge in [-0.25, -0.2) is 4.68 Å². The molecular weight excluding hydrogens is 240 g/mol. The van der Waals surface area contributed by atoms with Crippen molar-refractivity contribution in [1.29, 1.82) is 0 Å². The molecule has 0 fully saturated rings. The van der Waals surface area contributed by atoms with E-state index >= 15 is 0 Å². The van der Waals surface area contributed by atoms with Gasteiger partial charge >= 0.3 is 0 Å². The minimum atomic E-state index is -0.240. The van der Waals surface area contributed by atoms with Gasteiger partial charge in [-0.2, -0.15) is 5.10 Å². The number of hydrogen-bond donors (Lipinski definition) is 2. The molecule has 17 heavy (non-hydrogen) atoms. The second kappa shape index (κ2) is 4.47. The fourth-order valence-corrected chi connectivity index (χ4v) is 1.62. The molecule has 3 N–H and O–H groups in total. The number of carbonyl (C=O) groups excluding carboxylic acids is 1. The minimum absolute atomic E-state index is 0.240. The second-order valence-electron chi connectivity index (χ2n) is 3.43. The lowest BCUT2D eigenvalue weighted by Crippen LogP contribution is -2.18. The van der Waals surface area contributed by atoms with Crippen LogP contribution in [0.25, 0.3) is 5.69 Å². The molecule has 0 aliphatic heterocycles. The second-order valence-corrected chi connectivity index (χ2v) is 3.86. The number of nitrogens with one attached hydrogen (secondary N) is 1. The molecule has 0 aliphatic rings. The summed E-state index contributed by atoms with van der Waals surface area (Å²) in [7, 11) is 1.55. The highest BCUT2D eigenvalue weighted by Crippen LogP contribution is 2.21. The molecule has 1 aromatic carbocycles. The van der Waals surface area contributed by atoms with Gasteiger partial charge in [-0.05, 0) is 24.3 Å². The van der Waals surface area contributed by atoms with E-state index in [0.29, 0.717) is 22.1 Å². The van der Waals surface area contributed by atoms with E-state index in [2.05, 4.69) is 10.4 Å². The molecule has 0 bridgehead atoms. The number of anilines is 1. The van der Waals surface area contributed by atoms with Crippen molar-refractivity contribution in [1.82, 2.24) is 15.1 Å². The molecule has 6 heteroatoms. The lowest BCUT2D eigenvalue weighted by atomic mass is 10.3. The molecule has 1 amide bonds. The topological polar surface area (TPSA) is 72.9 Å². The number of amides is 1. The van der Waals surface area contributed by atoms with Crippen molar-refractivity contribution >= 4 is 23.2 Å². The Labute approximate surface area is 103 Å². The third-order valence-corrected chi connectivity index (χ3v) is 2.52. The van der Waals surface area contributed by atoms with Crippen molar-refractivity contribution in [2.75, 3.05) is 12.8 Å². The molecule has 0 radical (unpaired) electrons. The van der Waals surface area contributed by atoms with E-state index in [1.54, 1.807) is 37.5 Å². The predicted octanol–water partition coefficient (Wildman–Crippen LogP) is 1.47. The van der Waals surface area contributed by atoms with Crippen molar-refractivity contribution in [3.63, 3.8) is 0 Å². The van der Waals surface area contributed by atoms with Gasteiger partial charge in [0.2, 0.25) is 0 Å². The summed E-state index contributed by atoms with van der Waals surface area (Å²) >= 11 is 5.81. The SMILES string of the molecule is CNC(=O)c1ccn(-c2ccc(Cl)cc2N)n1. The Hall–Kier alpha value is -2.01. The van der Waals surface area contributed by atoms with E-state index in [1.807, 2.05) is 0 Å². The fraction of sp³-hybridized carbons (Fsp3) is 0.0909. The first-order valence-corrected chi connectivity index (χ1v) is 5.33. The molecular formula is C11H11ClN4O. The van der Waals surface area contributed by atoms with Crippen LogP contribution in [0.2, 0.25) is 5.02 Å². The van der Waals surface area contributed by atoms with Gasteiger partial charge in [0, 0.05) is 18.3 Å². The van der Waals surface area contributed by atoms with Gasteiger partial charge in [0.15, 0.2) is 5.69 Å². The predicted molar refractivity (Wildman–Crippen MR) is 66.4 cm³/mol. The summed E-state index contributed by atoms with van der Waals surface area (Å²) in [6, 6.07) is 6.72. The number of halogens is 1. The van der Waals surface area contributed by atoms with Crippen LogP contribution in [0.4, 0.5) is 5.69 Å². The molecule has 5 nitrogen and oxygen atoms in total. The highest BCUT2D eigenvalue weighted by atomic mass is 35.5. The van der Waals surface area contributed by atoms with Crippen molar-refractivity contribution < 1.29 is 4.79 Å². The maximum atomic E-state index is 11.4. The monoisotopic (exact) mass is 250 g/mol. The van der Waals surface area contributed by atoms with Crippen LogP contribution in [0.1, 0.15) is 10.5 Å². The molecule has 0 atom stereocenters. The largest absolute Gasteiger partial charge is 0.397 e. The molecule has 0 unspecified atom stereocenters. The maximum Gasteiger partial charge on any atom is 0.271 e. The average molecular weight is 251 g/mol. The number of carbonyl (C=O) groups is 1. The number of aromatic nitrogens is 2. The van der Waals surface area contributed by atoms with E-state index in [4.69, 9.17) is 17.3 Å². The summed E-state index contributed by atoms with van der Waals surface area (Å²) in [5.74, 6) is -0.240. The summed E-state index contributed by atoms with van der Waals surface area (Å²) in [5, 5.41) is 7.19. The number of rotatable bonds is 2. The fourth-order valence-electron chi connectivity index (χ4n) is 1.44. The molecule has 0 saturated carbocycles. The Morgan fingerprint density at radius 1 is 1.47 bits per heavy atom. The van der Waals surface area contributed by atoms with Gasteiger partial charge in [0.05, 0.1) is 11.4 Å². The number of nitrogens with zero attached hydrogens (tertiary/aromatic N) is 2. The molecule has 1 heterocycles. The Balaban J connectivity index is 2.40. The minimum Gasteiger partial charge on any atom is -0.397 e. The first-order chi connectivity index (χ1) is 8.11. The Morgan fingerprint density at radius 2 is 2.24 bits per heavy atom. The van der Waals surface area contributed by atoms with Gasteiger partial charge in [0.25, 0.3) is 5.91 Å². The Bertz CT molecular complexity index is 564. The van der Waals surface area contributed by atoms with E-state index in [1.165, 1.54) is 4.68 Å². The lowest BCUT2D eigenvalue weighted by Gasteiger charge is -2.05.